The summed E-state index contributed by atoms with van der Waals surface area (Å²) in [6.45, 7) is 0. The molecule has 23 heavy (non-hydrogen) atoms. The zero-order chi connectivity index (χ0) is 16.8. The van der Waals surface area contributed by atoms with Crippen molar-refractivity contribution < 1.29 is 17.5 Å². The number of nitrogens with one attached hydrogen (secondary N) is 1. The number of carbonyl (C=O) groups is 1. The van der Waals surface area contributed by atoms with Crippen molar-refractivity contribution in [2.24, 2.45) is 0 Å². The number of imidazole rings is 1. The van der Waals surface area contributed by atoms with Crippen LogP contribution in [0.25, 0.3) is 22.6 Å². The molecule has 0 aliphatic heterocycles. The van der Waals surface area contributed by atoms with Gasteiger partial charge in [-0.15, -0.1) is 0 Å². The predicted octanol–water partition coefficient (Wildman–Crippen LogP) is 3.47. The number of fused-ring (bicyclic) bond motifs is 1. The van der Waals surface area contributed by atoms with E-state index >= 15 is 0 Å². The molecule has 3 rings (SSSR count). The molecule has 0 saturated heterocycles. The van der Waals surface area contributed by atoms with Crippen molar-refractivity contribution in [3.05, 3.63) is 42.1 Å². The second kappa shape index (κ2) is 8.19. The maximum Gasteiger partial charge on any atom is 0.335 e. The standard InChI is InChI=1S/C14H11N3O3.H2IOP/c1-20-9-4-5-15-12(7-9)13-16-10-3-2-8(14(18)19)6-11(10)17-13;1-2-3/h2-7H,1H3,(H,16,17)(H,18,19);3H2. The zero-order valence-electron chi connectivity index (χ0n) is 12.0. The van der Waals surface area contributed by atoms with Crippen LogP contribution in [0.1, 0.15) is 10.4 Å². The van der Waals surface area contributed by atoms with Gasteiger partial charge < -0.3 is 14.8 Å². The van der Waals surface area contributed by atoms with Gasteiger partial charge in [0.2, 0.25) is 0 Å². The lowest BCUT2D eigenvalue weighted by Crippen LogP contribution is -1.94. The second-order valence-corrected chi connectivity index (χ2v) is 6.00. The van der Waals surface area contributed by atoms with Crippen LogP contribution in [0.4, 0.5) is 0 Å². The SMILES string of the molecule is COc1ccnc(-c2nc3ccc(C(=O)O)cc3[nH]2)c1.POI. The molecule has 0 radical (unpaired) electrons. The fourth-order valence-electron chi connectivity index (χ4n) is 1.93. The maximum absolute atomic E-state index is 10.9. The minimum absolute atomic E-state index is 0.214. The number of aromatic carboxylic acids is 1. The van der Waals surface area contributed by atoms with Gasteiger partial charge in [0.1, 0.15) is 34.4 Å². The molecular weight excluding hydrogens is 432 g/mol. The Bertz CT molecular complexity index is 825. The average Bonchev–Trinajstić information content (AvgIpc) is 2.98. The molecule has 0 bridgehead atoms. The Kier molecular flexibility index (Phi) is 6.26. The van der Waals surface area contributed by atoms with Gasteiger partial charge in [0.15, 0.2) is 5.82 Å². The Labute approximate surface area is 148 Å². The molecule has 9 heteroatoms. The number of hydrogen-bond donors (Lipinski definition) is 2. The van der Waals surface area contributed by atoms with Crippen molar-refractivity contribution >= 4 is 49.5 Å². The van der Waals surface area contributed by atoms with E-state index in [1.807, 2.05) is 0 Å². The molecule has 1 atom stereocenters. The molecule has 2 heterocycles. The fourth-order valence-corrected chi connectivity index (χ4v) is 1.93. The molecule has 1 aromatic carbocycles. The Morgan fingerprint density at radius 3 is 2.74 bits per heavy atom. The first-order chi connectivity index (χ1) is 11.1. The van der Waals surface area contributed by atoms with Crippen LogP contribution in [0.3, 0.4) is 0 Å². The summed E-state index contributed by atoms with van der Waals surface area (Å²) in [6.07, 6.45) is 1.63. The highest BCUT2D eigenvalue weighted by Crippen LogP contribution is 2.22. The lowest BCUT2D eigenvalue weighted by atomic mass is 10.2. The number of rotatable bonds is 3. The normalized spacial score (nSPS) is 10.0. The number of carboxylic acid groups (broad SMARTS) is 1. The van der Waals surface area contributed by atoms with Gasteiger partial charge in [-0.3, -0.25) is 7.84 Å². The molecule has 2 N–H and O–H groups in total. The van der Waals surface area contributed by atoms with Crippen LogP contribution in [-0.2, 0) is 2.85 Å². The van der Waals surface area contributed by atoms with Crippen molar-refractivity contribution in [3.8, 4) is 17.3 Å². The van der Waals surface area contributed by atoms with E-state index in [9.17, 15) is 4.79 Å². The number of halogens is 1. The zero-order valence-corrected chi connectivity index (χ0v) is 15.3. The monoisotopic (exact) mass is 445 g/mol. The number of benzene rings is 1. The smallest absolute Gasteiger partial charge is 0.335 e. The minimum Gasteiger partial charge on any atom is -0.497 e. The van der Waals surface area contributed by atoms with E-state index in [0.717, 1.165) is 0 Å². The van der Waals surface area contributed by atoms with Gasteiger partial charge in [0.25, 0.3) is 0 Å². The minimum atomic E-state index is -0.970. The number of ether oxygens (including phenoxy) is 1. The second-order valence-electron chi connectivity index (χ2n) is 4.29. The Morgan fingerprint density at radius 1 is 1.35 bits per heavy atom. The van der Waals surface area contributed by atoms with Crippen LogP contribution in [0.15, 0.2) is 36.5 Å². The van der Waals surface area contributed by atoms with Gasteiger partial charge in [0, 0.05) is 21.7 Å². The van der Waals surface area contributed by atoms with Gasteiger partial charge in [-0.05, 0) is 24.3 Å². The molecule has 0 amide bonds. The topological polar surface area (TPSA) is 97.3 Å². The van der Waals surface area contributed by atoms with Gasteiger partial charge in [-0.2, -0.15) is 0 Å². The number of methoxy groups -OCH3 is 1. The van der Waals surface area contributed by atoms with Crippen LogP contribution in [0.5, 0.6) is 5.75 Å². The fraction of sp³-hybridized carbons (Fsp3) is 0.0714. The number of aromatic nitrogens is 3. The van der Waals surface area contributed by atoms with Crippen molar-refractivity contribution in [1.82, 2.24) is 15.0 Å². The van der Waals surface area contributed by atoms with E-state index in [1.54, 1.807) is 60.6 Å². The van der Waals surface area contributed by atoms with E-state index in [2.05, 4.69) is 27.3 Å². The van der Waals surface area contributed by atoms with Crippen molar-refractivity contribution in [2.45, 2.75) is 0 Å². The molecule has 0 spiro atoms. The highest BCUT2D eigenvalue weighted by atomic mass is 127. The van der Waals surface area contributed by atoms with Gasteiger partial charge in [0.05, 0.1) is 23.7 Å². The number of hydrogen-bond acceptors (Lipinski definition) is 5. The summed E-state index contributed by atoms with van der Waals surface area (Å²) in [5.41, 5.74) is 2.20. The molecule has 3 aromatic rings. The number of pyridine rings is 1. The summed E-state index contributed by atoms with van der Waals surface area (Å²) in [4.78, 5) is 22.6. The molecule has 120 valence electrons. The summed E-state index contributed by atoms with van der Waals surface area (Å²) in [5.74, 6) is 0.283. The van der Waals surface area contributed by atoms with Crippen molar-refractivity contribution in [3.63, 3.8) is 0 Å². The average molecular weight is 445 g/mol. The van der Waals surface area contributed by atoms with Crippen LogP contribution in [0, 0.1) is 0 Å². The summed E-state index contributed by atoms with van der Waals surface area (Å²) in [6, 6.07) is 8.24. The van der Waals surface area contributed by atoms with Crippen LogP contribution >= 0.6 is 32.5 Å². The summed E-state index contributed by atoms with van der Waals surface area (Å²) in [7, 11) is 3.65. The molecule has 0 aliphatic carbocycles. The number of carboxylic acids is 1. The third-order valence-corrected chi connectivity index (χ3v) is 2.94. The molecule has 7 nitrogen and oxygen atoms in total. The first-order valence-corrected chi connectivity index (χ1v) is 7.65. The first-order valence-electron chi connectivity index (χ1n) is 6.30. The largest absolute Gasteiger partial charge is 0.497 e. The third-order valence-electron chi connectivity index (χ3n) is 2.94. The Morgan fingerprint density at radius 2 is 2.09 bits per heavy atom. The summed E-state index contributed by atoms with van der Waals surface area (Å²) in [5, 5.41) is 8.97. The molecule has 0 aliphatic rings. The Balaban J connectivity index is 0.000000595. The summed E-state index contributed by atoms with van der Waals surface area (Å²) >= 11 is 1.75. The lowest BCUT2D eigenvalue weighted by molar-refractivity contribution is 0.0697. The summed E-state index contributed by atoms with van der Waals surface area (Å²) < 4.78 is 9.28. The van der Waals surface area contributed by atoms with E-state index in [-0.39, 0.29) is 5.56 Å². The van der Waals surface area contributed by atoms with E-state index < -0.39 is 5.97 Å². The van der Waals surface area contributed by atoms with E-state index in [1.165, 1.54) is 6.07 Å². The van der Waals surface area contributed by atoms with Gasteiger partial charge >= 0.3 is 5.97 Å². The molecule has 1 unspecified atom stereocenters. The van der Waals surface area contributed by atoms with Crippen molar-refractivity contribution in [2.75, 3.05) is 7.11 Å². The van der Waals surface area contributed by atoms with Crippen LogP contribution < -0.4 is 4.74 Å². The Hall–Kier alpha value is -1.77. The quantitative estimate of drug-likeness (QED) is 0.474. The highest BCUT2D eigenvalue weighted by molar-refractivity contribution is 14.1. The molecule has 2 aromatic heterocycles. The van der Waals surface area contributed by atoms with Crippen molar-refractivity contribution in [1.29, 1.82) is 0 Å². The molecule has 0 saturated carbocycles. The lowest BCUT2D eigenvalue weighted by Gasteiger charge is -2.00. The number of H-pyrrole nitrogens is 1. The molecular formula is C14H13IN3O4P. The van der Waals surface area contributed by atoms with E-state index in [4.69, 9.17) is 9.84 Å². The molecule has 0 fully saturated rings. The predicted molar refractivity (Wildman–Crippen MR) is 97.7 cm³/mol. The number of nitrogens with zero attached hydrogens (tertiary/aromatic N) is 2. The van der Waals surface area contributed by atoms with Crippen LogP contribution in [-0.4, -0.2) is 33.1 Å². The highest BCUT2D eigenvalue weighted by Gasteiger charge is 2.10. The van der Waals surface area contributed by atoms with E-state index in [0.29, 0.717) is 28.3 Å². The van der Waals surface area contributed by atoms with Gasteiger partial charge in [-0.25, -0.2) is 9.78 Å². The maximum atomic E-state index is 10.9. The van der Waals surface area contributed by atoms with Crippen LogP contribution in [0.2, 0.25) is 0 Å². The first kappa shape index (κ1) is 17.6. The third kappa shape index (κ3) is 4.37. The number of aromatic amines is 1. The van der Waals surface area contributed by atoms with Gasteiger partial charge in [-0.1, -0.05) is 0 Å².